The van der Waals surface area contributed by atoms with Gasteiger partial charge in [-0.2, -0.15) is 0 Å². The van der Waals surface area contributed by atoms with Crippen LogP contribution in [0.4, 0.5) is 0 Å². The van der Waals surface area contributed by atoms with Gasteiger partial charge in [-0.25, -0.2) is 8.93 Å². The highest BCUT2D eigenvalue weighted by atomic mass is 32.2. The summed E-state index contributed by atoms with van der Waals surface area (Å²) in [5.41, 5.74) is 0. The average Bonchev–Trinajstić information content (AvgIpc) is 1.97. The Hall–Kier alpha value is 0.110. The molecule has 0 heterocycles. The van der Waals surface area contributed by atoms with Gasteiger partial charge in [-0.15, -0.1) is 0 Å². The molecule has 0 saturated carbocycles. The lowest BCUT2D eigenvalue weighted by molar-refractivity contribution is 0.615. The molecule has 0 aliphatic rings. The highest BCUT2D eigenvalue weighted by Gasteiger charge is 1.98. The topological polar surface area (TPSA) is 29.1 Å². The molecule has 0 radical (unpaired) electrons. The van der Waals surface area contributed by atoms with Gasteiger partial charge in [0.25, 0.3) is 0 Å². The molecule has 0 aromatic rings. The van der Waals surface area contributed by atoms with Crippen molar-refractivity contribution in [3.05, 3.63) is 0 Å². The van der Waals surface area contributed by atoms with Gasteiger partial charge < -0.3 is 0 Å². The number of hydrogen-bond donors (Lipinski definition) is 1. The molecule has 1 atom stereocenters. The molecule has 0 saturated heterocycles. The van der Waals surface area contributed by atoms with E-state index in [2.05, 4.69) is 25.5 Å². The van der Waals surface area contributed by atoms with Crippen LogP contribution in [0, 0.1) is 5.92 Å². The molecule has 1 N–H and O–H groups in total. The van der Waals surface area contributed by atoms with Crippen molar-refractivity contribution < 1.29 is 4.21 Å². The zero-order valence-electron chi connectivity index (χ0n) is 7.72. The smallest absolute Gasteiger partial charge is 0.0915 e. The fourth-order valence-electron chi connectivity index (χ4n) is 0.607. The molecule has 68 valence electrons. The highest BCUT2D eigenvalue weighted by molar-refractivity contribution is 7.83. The first kappa shape index (κ1) is 11.1. The Morgan fingerprint density at radius 1 is 1.45 bits per heavy atom. The summed E-state index contributed by atoms with van der Waals surface area (Å²) in [5, 5.41) is 0. The van der Waals surface area contributed by atoms with E-state index in [4.69, 9.17) is 0 Å². The van der Waals surface area contributed by atoms with E-state index in [-0.39, 0.29) is 0 Å². The van der Waals surface area contributed by atoms with Crippen LogP contribution in [0.15, 0.2) is 0 Å². The van der Waals surface area contributed by atoms with Crippen LogP contribution < -0.4 is 4.72 Å². The molecule has 0 fully saturated rings. The Balaban J connectivity index is 3.23. The summed E-state index contributed by atoms with van der Waals surface area (Å²) in [6.07, 6.45) is 2.17. The minimum Gasteiger partial charge on any atom is -0.243 e. The summed E-state index contributed by atoms with van der Waals surface area (Å²) in [7, 11) is -0.790. The standard InChI is InChI=1S/C8H19NOS/c1-4-5-6-11(10)9-7-8(2)3/h8-9H,4-7H2,1-3H3. The van der Waals surface area contributed by atoms with Crippen LogP contribution in [0.5, 0.6) is 0 Å². The Kier molecular flexibility index (Phi) is 6.87. The molecule has 0 aliphatic carbocycles. The summed E-state index contributed by atoms with van der Waals surface area (Å²) in [5.74, 6) is 1.38. The second kappa shape index (κ2) is 6.80. The number of nitrogens with one attached hydrogen (secondary N) is 1. The maximum Gasteiger partial charge on any atom is 0.0915 e. The lowest BCUT2D eigenvalue weighted by Gasteiger charge is -2.05. The number of hydrogen-bond acceptors (Lipinski definition) is 1. The first-order valence-electron chi connectivity index (χ1n) is 4.28. The predicted molar refractivity (Wildman–Crippen MR) is 50.8 cm³/mol. The zero-order valence-corrected chi connectivity index (χ0v) is 8.54. The van der Waals surface area contributed by atoms with Gasteiger partial charge in [-0.1, -0.05) is 27.2 Å². The van der Waals surface area contributed by atoms with Crippen molar-refractivity contribution in [3.63, 3.8) is 0 Å². The Labute approximate surface area is 72.4 Å². The van der Waals surface area contributed by atoms with Crippen LogP contribution in [0.25, 0.3) is 0 Å². The van der Waals surface area contributed by atoms with Crippen molar-refractivity contribution in [2.24, 2.45) is 5.92 Å². The summed E-state index contributed by atoms with van der Waals surface area (Å²) in [6, 6.07) is 0. The van der Waals surface area contributed by atoms with E-state index in [1.54, 1.807) is 0 Å². The summed E-state index contributed by atoms with van der Waals surface area (Å²) in [4.78, 5) is 0. The van der Waals surface area contributed by atoms with Crippen LogP contribution in [0.3, 0.4) is 0 Å². The van der Waals surface area contributed by atoms with Crippen molar-refractivity contribution in [2.75, 3.05) is 12.3 Å². The van der Waals surface area contributed by atoms with Gasteiger partial charge in [0.2, 0.25) is 0 Å². The third kappa shape index (κ3) is 8.01. The Morgan fingerprint density at radius 2 is 2.09 bits per heavy atom. The van der Waals surface area contributed by atoms with Gasteiger partial charge in [-0.3, -0.25) is 0 Å². The van der Waals surface area contributed by atoms with Crippen molar-refractivity contribution in [3.8, 4) is 0 Å². The molecule has 3 heteroatoms. The van der Waals surface area contributed by atoms with E-state index in [1.165, 1.54) is 0 Å². The first-order chi connectivity index (χ1) is 5.16. The third-order valence-corrected chi connectivity index (χ3v) is 2.48. The molecule has 0 bridgehead atoms. The summed E-state index contributed by atoms with van der Waals surface area (Å²) in [6.45, 7) is 7.20. The van der Waals surface area contributed by atoms with Gasteiger partial charge in [0.05, 0.1) is 11.0 Å². The average molecular weight is 177 g/mol. The normalized spacial score (nSPS) is 13.8. The van der Waals surface area contributed by atoms with Crippen molar-refractivity contribution >= 4 is 11.0 Å². The summed E-state index contributed by atoms with van der Waals surface area (Å²) >= 11 is 0. The summed E-state index contributed by atoms with van der Waals surface area (Å²) < 4.78 is 14.1. The number of unbranched alkanes of at least 4 members (excludes halogenated alkanes) is 1. The lowest BCUT2D eigenvalue weighted by atomic mass is 10.2. The largest absolute Gasteiger partial charge is 0.243 e. The highest BCUT2D eigenvalue weighted by Crippen LogP contribution is 1.91. The molecule has 11 heavy (non-hydrogen) atoms. The molecule has 1 unspecified atom stereocenters. The lowest BCUT2D eigenvalue weighted by Crippen LogP contribution is -2.24. The first-order valence-corrected chi connectivity index (χ1v) is 5.60. The molecule has 0 aliphatic heterocycles. The molecular weight excluding hydrogens is 158 g/mol. The van der Waals surface area contributed by atoms with E-state index >= 15 is 0 Å². The molecule has 0 aromatic heterocycles. The van der Waals surface area contributed by atoms with Gasteiger partial charge >= 0.3 is 0 Å². The fourth-order valence-corrected chi connectivity index (χ4v) is 1.82. The van der Waals surface area contributed by atoms with E-state index in [0.29, 0.717) is 5.92 Å². The molecule has 0 spiro atoms. The van der Waals surface area contributed by atoms with Crippen molar-refractivity contribution in [1.82, 2.24) is 4.72 Å². The van der Waals surface area contributed by atoms with E-state index in [9.17, 15) is 4.21 Å². The maximum atomic E-state index is 11.1. The molecule has 2 nitrogen and oxygen atoms in total. The van der Waals surface area contributed by atoms with E-state index in [1.807, 2.05) is 0 Å². The van der Waals surface area contributed by atoms with Crippen LogP contribution in [-0.2, 0) is 11.0 Å². The number of rotatable bonds is 6. The van der Waals surface area contributed by atoms with Gasteiger partial charge in [-0.05, 0) is 12.3 Å². The molecule has 0 amide bonds. The molecule has 0 rings (SSSR count). The zero-order chi connectivity index (χ0) is 8.69. The quantitative estimate of drug-likeness (QED) is 0.657. The minimum absolute atomic E-state index is 0.584. The van der Waals surface area contributed by atoms with Crippen LogP contribution in [0.1, 0.15) is 33.6 Å². The van der Waals surface area contributed by atoms with E-state index < -0.39 is 11.0 Å². The predicted octanol–water partition coefficient (Wildman–Crippen LogP) is 1.70. The third-order valence-electron chi connectivity index (χ3n) is 1.34. The van der Waals surface area contributed by atoms with Crippen molar-refractivity contribution in [2.45, 2.75) is 33.6 Å². The molecular formula is C8H19NOS. The van der Waals surface area contributed by atoms with Gasteiger partial charge in [0, 0.05) is 12.3 Å². The second-order valence-electron chi connectivity index (χ2n) is 3.15. The van der Waals surface area contributed by atoms with Gasteiger partial charge in [0.1, 0.15) is 0 Å². The van der Waals surface area contributed by atoms with Crippen LogP contribution >= 0.6 is 0 Å². The fraction of sp³-hybridized carbons (Fsp3) is 1.00. The minimum atomic E-state index is -0.790. The molecule has 0 aromatic carbocycles. The maximum absolute atomic E-state index is 11.1. The SMILES string of the molecule is CCCCS(=O)NCC(C)C. The van der Waals surface area contributed by atoms with Crippen LogP contribution in [-0.4, -0.2) is 16.5 Å². The monoisotopic (exact) mass is 177 g/mol. The van der Waals surface area contributed by atoms with Crippen LogP contribution in [0.2, 0.25) is 0 Å². The second-order valence-corrected chi connectivity index (χ2v) is 4.53. The Morgan fingerprint density at radius 3 is 2.55 bits per heavy atom. The Bertz CT molecular complexity index is 115. The van der Waals surface area contributed by atoms with E-state index in [0.717, 1.165) is 25.1 Å². The van der Waals surface area contributed by atoms with Crippen molar-refractivity contribution in [1.29, 1.82) is 0 Å². The van der Waals surface area contributed by atoms with Gasteiger partial charge in [0.15, 0.2) is 0 Å².